The van der Waals surface area contributed by atoms with Crippen LogP contribution in [-0.2, 0) is 0 Å². The molecule has 4 heterocycles. The number of anilines is 2. The number of carbonyl (C=O) groups is 1. The second kappa shape index (κ2) is 8.52. The maximum atomic E-state index is 13.2. The molecule has 0 unspecified atom stereocenters. The van der Waals surface area contributed by atoms with E-state index in [1.54, 1.807) is 22.2 Å². The summed E-state index contributed by atoms with van der Waals surface area (Å²) in [5, 5.41) is 0.455. The van der Waals surface area contributed by atoms with Crippen LogP contribution in [0.4, 0.5) is 11.9 Å². The number of fused-ring (bicyclic) bond motifs is 1. The number of aromatic amines is 1. The summed E-state index contributed by atoms with van der Waals surface area (Å²) in [5.74, 6) is 1.05. The summed E-state index contributed by atoms with van der Waals surface area (Å²) in [6.07, 6.45) is 4.88. The number of likely N-dealkylation sites (tertiary alicyclic amines) is 1. The number of hydrogen-bond donors (Lipinski definition) is 1. The maximum Gasteiger partial charge on any atom is 0.259 e. The van der Waals surface area contributed by atoms with Crippen LogP contribution in [0.3, 0.4) is 0 Å². The second-order valence-corrected chi connectivity index (χ2v) is 8.57. The fourth-order valence-corrected chi connectivity index (χ4v) is 3.95. The molecule has 1 aliphatic rings. The molecule has 4 rings (SSSR count). The molecule has 3 aromatic heterocycles. The molecule has 1 aliphatic heterocycles. The van der Waals surface area contributed by atoms with Crippen LogP contribution in [0.5, 0.6) is 0 Å². The summed E-state index contributed by atoms with van der Waals surface area (Å²) in [5.41, 5.74) is 2.35. The van der Waals surface area contributed by atoms with Gasteiger partial charge in [-0.1, -0.05) is 0 Å². The Morgan fingerprint density at radius 2 is 1.78 bits per heavy atom. The standard InChI is InChI=1S/C22H28N8O2/c1-13-15(10-23-21(25-13)28(2)3)20(32)30-8-6-7-14(12-30)17-9-18-16(19(31)26-17)11-24-22(27-18)29(4)5/h9-11,14H,6-8,12H2,1-5H3,(H,26,31)/t14-/m0/s1. The first-order chi connectivity index (χ1) is 15.2. The van der Waals surface area contributed by atoms with Gasteiger partial charge in [0.25, 0.3) is 11.5 Å². The molecule has 0 aliphatic carbocycles. The number of amides is 1. The third-order valence-electron chi connectivity index (χ3n) is 5.75. The number of rotatable bonds is 4. The predicted octanol–water partition coefficient (Wildman–Crippen LogP) is 1.57. The number of carbonyl (C=O) groups excluding carboxylic acids is 1. The fourth-order valence-electron chi connectivity index (χ4n) is 3.95. The molecule has 3 aromatic rings. The number of piperidine rings is 1. The average molecular weight is 437 g/mol. The highest BCUT2D eigenvalue weighted by atomic mass is 16.2. The first-order valence-corrected chi connectivity index (χ1v) is 10.6. The fraction of sp³-hybridized carbons (Fsp3) is 0.455. The molecule has 0 saturated carbocycles. The Labute approximate surface area is 186 Å². The van der Waals surface area contributed by atoms with Gasteiger partial charge in [0.2, 0.25) is 11.9 Å². The van der Waals surface area contributed by atoms with E-state index in [1.165, 1.54) is 0 Å². The van der Waals surface area contributed by atoms with E-state index in [0.29, 0.717) is 47.1 Å². The number of H-pyrrole nitrogens is 1. The molecule has 0 aromatic carbocycles. The van der Waals surface area contributed by atoms with Gasteiger partial charge >= 0.3 is 0 Å². The Kier molecular flexibility index (Phi) is 5.77. The molecule has 1 saturated heterocycles. The van der Waals surface area contributed by atoms with Gasteiger partial charge in [0.15, 0.2) is 0 Å². The Bertz CT molecular complexity index is 1220. The van der Waals surface area contributed by atoms with Crippen LogP contribution in [0.25, 0.3) is 10.9 Å². The van der Waals surface area contributed by atoms with Crippen LogP contribution >= 0.6 is 0 Å². The molecule has 1 atom stereocenters. The van der Waals surface area contributed by atoms with Crippen molar-refractivity contribution in [2.45, 2.75) is 25.7 Å². The first-order valence-electron chi connectivity index (χ1n) is 10.6. The third-order valence-corrected chi connectivity index (χ3v) is 5.75. The maximum absolute atomic E-state index is 13.2. The highest BCUT2D eigenvalue weighted by Gasteiger charge is 2.28. The smallest absolute Gasteiger partial charge is 0.259 e. The molecule has 0 radical (unpaired) electrons. The third kappa shape index (κ3) is 4.12. The minimum Gasteiger partial charge on any atom is -0.347 e. The average Bonchev–Trinajstić information content (AvgIpc) is 2.78. The normalized spacial score (nSPS) is 16.3. The highest BCUT2D eigenvalue weighted by molar-refractivity contribution is 5.95. The number of aromatic nitrogens is 5. The molecular formula is C22H28N8O2. The van der Waals surface area contributed by atoms with E-state index in [9.17, 15) is 9.59 Å². The zero-order valence-corrected chi connectivity index (χ0v) is 19.1. The van der Waals surface area contributed by atoms with Gasteiger partial charge in [0.05, 0.1) is 22.2 Å². The van der Waals surface area contributed by atoms with Crippen LogP contribution in [0.1, 0.15) is 40.5 Å². The zero-order chi connectivity index (χ0) is 23.0. The first kappa shape index (κ1) is 21.7. The van der Waals surface area contributed by atoms with Gasteiger partial charge in [-0.3, -0.25) is 9.59 Å². The van der Waals surface area contributed by atoms with Gasteiger partial charge < -0.3 is 19.7 Å². The van der Waals surface area contributed by atoms with Gasteiger partial charge in [-0.15, -0.1) is 0 Å². The summed E-state index contributed by atoms with van der Waals surface area (Å²) < 4.78 is 0. The minimum atomic E-state index is -0.213. The Morgan fingerprint density at radius 1 is 1.09 bits per heavy atom. The number of nitrogens with zero attached hydrogens (tertiary/aromatic N) is 7. The molecule has 168 valence electrons. The van der Waals surface area contributed by atoms with E-state index < -0.39 is 0 Å². The van der Waals surface area contributed by atoms with Gasteiger partial charge in [-0.2, -0.15) is 0 Å². The van der Waals surface area contributed by atoms with Crippen LogP contribution in [0, 0.1) is 6.92 Å². The number of pyridine rings is 1. The topological polar surface area (TPSA) is 111 Å². The van der Waals surface area contributed by atoms with Crippen molar-refractivity contribution in [2.75, 3.05) is 51.1 Å². The highest BCUT2D eigenvalue weighted by Crippen LogP contribution is 2.28. The van der Waals surface area contributed by atoms with E-state index >= 15 is 0 Å². The lowest BCUT2D eigenvalue weighted by Crippen LogP contribution is -2.40. The predicted molar refractivity (Wildman–Crippen MR) is 123 cm³/mol. The molecule has 0 bridgehead atoms. The number of hydrogen-bond acceptors (Lipinski definition) is 8. The Balaban J connectivity index is 1.61. The van der Waals surface area contributed by atoms with E-state index in [4.69, 9.17) is 0 Å². The van der Waals surface area contributed by atoms with Gasteiger partial charge in [-0.25, -0.2) is 19.9 Å². The van der Waals surface area contributed by atoms with Crippen molar-refractivity contribution in [2.24, 2.45) is 0 Å². The van der Waals surface area contributed by atoms with Crippen molar-refractivity contribution in [3.8, 4) is 0 Å². The van der Waals surface area contributed by atoms with E-state index in [-0.39, 0.29) is 17.4 Å². The molecule has 10 heteroatoms. The van der Waals surface area contributed by atoms with Crippen molar-refractivity contribution in [1.82, 2.24) is 29.8 Å². The molecule has 1 N–H and O–H groups in total. The van der Waals surface area contributed by atoms with Crippen molar-refractivity contribution in [3.63, 3.8) is 0 Å². The van der Waals surface area contributed by atoms with Crippen LogP contribution < -0.4 is 15.4 Å². The number of nitrogens with one attached hydrogen (secondary N) is 1. The van der Waals surface area contributed by atoms with E-state index in [2.05, 4.69) is 24.9 Å². The molecule has 0 spiro atoms. The summed E-state index contributed by atoms with van der Waals surface area (Å²) in [7, 11) is 7.44. The largest absolute Gasteiger partial charge is 0.347 e. The van der Waals surface area contributed by atoms with Gasteiger partial charge in [-0.05, 0) is 25.8 Å². The van der Waals surface area contributed by atoms with Crippen molar-refractivity contribution in [1.29, 1.82) is 0 Å². The SMILES string of the molecule is Cc1nc(N(C)C)ncc1C(=O)N1CCC[C@H](c2cc3nc(N(C)C)ncc3c(=O)[nH]2)C1. The minimum absolute atomic E-state index is 0.0184. The monoisotopic (exact) mass is 436 g/mol. The summed E-state index contributed by atoms with van der Waals surface area (Å²) in [4.78, 5) is 51.8. The lowest BCUT2D eigenvalue weighted by atomic mass is 9.93. The van der Waals surface area contributed by atoms with Gasteiger partial charge in [0, 0.05) is 65.3 Å². The zero-order valence-electron chi connectivity index (χ0n) is 19.1. The van der Waals surface area contributed by atoms with Crippen molar-refractivity contribution < 1.29 is 4.79 Å². The van der Waals surface area contributed by atoms with E-state index in [0.717, 1.165) is 18.5 Å². The van der Waals surface area contributed by atoms with Crippen LogP contribution in [0.15, 0.2) is 23.3 Å². The van der Waals surface area contributed by atoms with Crippen LogP contribution in [-0.4, -0.2) is 77.0 Å². The Hall–Kier alpha value is -3.56. The van der Waals surface area contributed by atoms with Gasteiger partial charge in [0.1, 0.15) is 0 Å². The molecule has 1 fully saturated rings. The summed E-state index contributed by atoms with van der Waals surface area (Å²) in [6, 6.07) is 1.91. The molecule has 1 amide bonds. The van der Waals surface area contributed by atoms with Crippen molar-refractivity contribution in [3.05, 3.63) is 45.8 Å². The molecular weight excluding hydrogens is 408 g/mol. The molecule has 32 heavy (non-hydrogen) atoms. The summed E-state index contributed by atoms with van der Waals surface area (Å²) in [6.45, 7) is 3.00. The lowest BCUT2D eigenvalue weighted by Gasteiger charge is -2.33. The van der Waals surface area contributed by atoms with E-state index in [1.807, 2.05) is 46.1 Å². The molecule has 10 nitrogen and oxygen atoms in total. The quantitative estimate of drug-likeness (QED) is 0.656. The van der Waals surface area contributed by atoms with Crippen molar-refractivity contribution >= 4 is 28.7 Å². The summed E-state index contributed by atoms with van der Waals surface area (Å²) >= 11 is 0. The lowest BCUT2D eigenvalue weighted by molar-refractivity contribution is 0.0704. The Morgan fingerprint density at radius 3 is 2.47 bits per heavy atom. The van der Waals surface area contributed by atoms with Crippen LogP contribution in [0.2, 0.25) is 0 Å². The second-order valence-electron chi connectivity index (χ2n) is 8.57. The number of aryl methyl sites for hydroxylation is 1.